The van der Waals surface area contributed by atoms with Crippen LogP contribution in [-0.2, 0) is 13.0 Å². The van der Waals surface area contributed by atoms with Crippen LogP contribution < -0.4 is 16.4 Å². The standard InChI is InChI=1S/C24H28FN7O2/c1-24(2)8-19-15(9-29-32(19)12-24)13-3-4-16(25)14(7-13)17-11-28-22(26)21(30-17)23(34)31-18-10-27-6-5-20(18)33/h3-4,7,9,11,18,20,27,33H,5-6,8,10,12H2,1-2H3,(H2,26,28)(H,31,34)/t18-,20-/m1/s1. The monoisotopic (exact) mass is 465 g/mol. The number of rotatable bonds is 4. The zero-order valence-corrected chi connectivity index (χ0v) is 19.2. The summed E-state index contributed by atoms with van der Waals surface area (Å²) < 4.78 is 16.9. The van der Waals surface area contributed by atoms with Crippen LogP contribution in [0.25, 0.3) is 22.4 Å². The highest BCUT2D eigenvalue weighted by atomic mass is 19.1. The smallest absolute Gasteiger partial charge is 0.274 e. The molecule has 5 rings (SSSR count). The maximum absolute atomic E-state index is 14.9. The zero-order chi connectivity index (χ0) is 24.0. The fraction of sp³-hybridized carbons (Fsp3) is 0.417. The van der Waals surface area contributed by atoms with Gasteiger partial charge in [0.1, 0.15) is 5.82 Å². The molecule has 0 saturated carbocycles. The van der Waals surface area contributed by atoms with E-state index >= 15 is 0 Å². The minimum atomic E-state index is -0.667. The molecule has 2 aliphatic rings. The molecule has 1 amide bonds. The van der Waals surface area contributed by atoms with Gasteiger partial charge < -0.3 is 21.5 Å². The number of fused-ring (bicyclic) bond motifs is 1. The number of carbonyl (C=O) groups is 1. The third kappa shape index (κ3) is 4.14. The lowest BCUT2D eigenvalue weighted by Crippen LogP contribution is -2.53. The van der Waals surface area contributed by atoms with Crippen LogP contribution in [0.3, 0.4) is 0 Å². The average Bonchev–Trinajstić information content (AvgIpc) is 3.31. The van der Waals surface area contributed by atoms with Gasteiger partial charge in [-0.05, 0) is 42.5 Å². The van der Waals surface area contributed by atoms with Crippen LogP contribution in [0.15, 0.2) is 30.6 Å². The fourth-order valence-corrected chi connectivity index (χ4v) is 4.70. The highest BCUT2D eigenvalue weighted by molar-refractivity contribution is 5.97. The van der Waals surface area contributed by atoms with Crippen molar-refractivity contribution in [2.24, 2.45) is 5.41 Å². The quantitative estimate of drug-likeness (QED) is 0.462. The number of benzene rings is 1. The van der Waals surface area contributed by atoms with E-state index in [9.17, 15) is 14.3 Å². The molecule has 2 aromatic heterocycles. The van der Waals surface area contributed by atoms with Gasteiger partial charge in [0.15, 0.2) is 11.5 Å². The van der Waals surface area contributed by atoms with Crippen molar-refractivity contribution in [3.63, 3.8) is 0 Å². The van der Waals surface area contributed by atoms with Gasteiger partial charge in [-0.1, -0.05) is 19.9 Å². The lowest BCUT2D eigenvalue weighted by atomic mass is 9.89. The van der Waals surface area contributed by atoms with Gasteiger partial charge in [0.2, 0.25) is 0 Å². The number of piperidine rings is 1. The predicted octanol–water partition coefficient (Wildman–Crippen LogP) is 1.76. The summed E-state index contributed by atoms with van der Waals surface area (Å²) in [7, 11) is 0. The first kappa shape index (κ1) is 22.4. The number of nitrogens with two attached hydrogens (primary N) is 1. The molecule has 5 N–H and O–H groups in total. The van der Waals surface area contributed by atoms with E-state index in [0.29, 0.717) is 19.5 Å². The summed E-state index contributed by atoms with van der Waals surface area (Å²) in [6.07, 6.45) is 3.90. The molecule has 0 bridgehead atoms. The van der Waals surface area contributed by atoms with Gasteiger partial charge in [-0.3, -0.25) is 9.48 Å². The van der Waals surface area contributed by atoms with Crippen LogP contribution in [0.5, 0.6) is 0 Å². The number of nitrogens with zero attached hydrogens (tertiary/aromatic N) is 4. The van der Waals surface area contributed by atoms with E-state index in [2.05, 4.69) is 39.5 Å². The highest BCUT2D eigenvalue weighted by Gasteiger charge is 2.32. The summed E-state index contributed by atoms with van der Waals surface area (Å²) in [4.78, 5) is 21.3. The first-order chi connectivity index (χ1) is 16.2. The van der Waals surface area contributed by atoms with Gasteiger partial charge in [0, 0.05) is 29.9 Å². The van der Waals surface area contributed by atoms with Crippen molar-refractivity contribution in [1.82, 2.24) is 30.4 Å². The second-order valence-corrected chi connectivity index (χ2v) is 9.83. The maximum atomic E-state index is 14.9. The SMILES string of the molecule is CC1(C)Cc2c(-c3ccc(F)c(-c4cnc(N)c(C(=O)N[C@@H]5CNCC[C@H]5O)n4)c3)cnn2C1. The number of carbonyl (C=O) groups excluding carboxylic acids is 1. The van der Waals surface area contributed by atoms with E-state index in [1.165, 1.54) is 12.3 Å². The number of hydrogen-bond donors (Lipinski definition) is 4. The van der Waals surface area contributed by atoms with Gasteiger partial charge in [-0.2, -0.15) is 5.10 Å². The predicted molar refractivity (Wildman–Crippen MR) is 125 cm³/mol. The van der Waals surface area contributed by atoms with E-state index in [4.69, 9.17) is 5.73 Å². The molecule has 4 heterocycles. The first-order valence-electron chi connectivity index (χ1n) is 11.4. The van der Waals surface area contributed by atoms with Gasteiger partial charge in [0.25, 0.3) is 5.91 Å². The molecule has 0 aliphatic carbocycles. The molecule has 0 unspecified atom stereocenters. The molecule has 0 spiro atoms. The van der Waals surface area contributed by atoms with E-state index in [-0.39, 0.29) is 28.2 Å². The molecule has 0 radical (unpaired) electrons. The molecule has 1 fully saturated rings. The Bertz CT molecular complexity index is 1260. The number of aromatic nitrogens is 4. The van der Waals surface area contributed by atoms with Crippen molar-refractivity contribution < 1.29 is 14.3 Å². The molecular weight excluding hydrogens is 437 g/mol. The largest absolute Gasteiger partial charge is 0.391 e. The van der Waals surface area contributed by atoms with Crippen LogP contribution in [0, 0.1) is 11.2 Å². The first-order valence-corrected chi connectivity index (χ1v) is 11.4. The molecule has 9 nitrogen and oxygen atoms in total. The number of halogens is 1. The van der Waals surface area contributed by atoms with Crippen molar-refractivity contribution in [2.75, 3.05) is 18.8 Å². The molecule has 1 aromatic carbocycles. The van der Waals surface area contributed by atoms with Gasteiger partial charge in [0.05, 0.1) is 30.2 Å². The number of hydrogen-bond acceptors (Lipinski definition) is 7. The van der Waals surface area contributed by atoms with Crippen LogP contribution in [0.2, 0.25) is 0 Å². The van der Waals surface area contributed by atoms with E-state index < -0.39 is 23.9 Å². The van der Waals surface area contributed by atoms with Gasteiger partial charge >= 0.3 is 0 Å². The minimum Gasteiger partial charge on any atom is -0.391 e. The van der Waals surface area contributed by atoms with Gasteiger partial charge in [-0.25, -0.2) is 14.4 Å². The van der Waals surface area contributed by atoms with Crippen molar-refractivity contribution in [3.05, 3.63) is 47.8 Å². The lowest BCUT2D eigenvalue weighted by molar-refractivity contribution is 0.0751. The summed E-state index contributed by atoms with van der Waals surface area (Å²) in [6, 6.07) is 4.34. The normalized spacial score (nSPS) is 21.3. The molecule has 178 valence electrons. The van der Waals surface area contributed by atoms with Crippen molar-refractivity contribution in [2.45, 2.75) is 45.4 Å². The van der Waals surface area contributed by atoms with Crippen molar-refractivity contribution >= 4 is 11.7 Å². The Hall–Kier alpha value is -3.37. The number of amides is 1. The second-order valence-electron chi connectivity index (χ2n) is 9.83. The van der Waals surface area contributed by atoms with Crippen LogP contribution in [0.1, 0.15) is 36.5 Å². The summed E-state index contributed by atoms with van der Waals surface area (Å²) >= 11 is 0. The maximum Gasteiger partial charge on any atom is 0.274 e. The fourth-order valence-electron chi connectivity index (χ4n) is 4.70. The summed E-state index contributed by atoms with van der Waals surface area (Å²) in [5.74, 6) is -1.11. The van der Waals surface area contributed by atoms with Crippen molar-refractivity contribution in [1.29, 1.82) is 0 Å². The lowest BCUT2D eigenvalue weighted by Gasteiger charge is -2.29. The Labute approximate surface area is 196 Å². The third-order valence-electron chi connectivity index (χ3n) is 6.50. The number of aliphatic hydroxyl groups is 1. The van der Waals surface area contributed by atoms with Gasteiger partial charge in [-0.15, -0.1) is 0 Å². The molecule has 3 aromatic rings. The van der Waals surface area contributed by atoms with Crippen molar-refractivity contribution in [3.8, 4) is 22.4 Å². The minimum absolute atomic E-state index is 0.0623. The molecular formula is C24H28FN7O2. The molecule has 2 aliphatic heterocycles. The van der Waals surface area contributed by atoms with Crippen LogP contribution >= 0.6 is 0 Å². The Morgan fingerprint density at radius 2 is 2.15 bits per heavy atom. The van der Waals surface area contributed by atoms with E-state index in [1.807, 2.05) is 4.68 Å². The molecule has 1 saturated heterocycles. The summed E-state index contributed by atoms with van der Waals surface area (Å²) in [5, 5.41) is 20.5. The Morgan fingerprint density at radius 3 is 2.94 bits per heavy atom. The van der Waals surface area contributed by atoms with Crippen LogP contribution in [-0.4, -0.2) is 56.0 Å². The average molecular weight is 466 g/mol. The Balaban J connectivity index is 1.46. The number of anilines is 1. The molecule has 34 heavy (non-hydrogen) atoms. The highest BCUT2D eigenvalue weighted by Crippen LogP contribution is 2.38. The van der Waals surface area contributed by atoms with E-state index in [0.717, 1.165) is 29.8 Å². The number of nitrogen functional groups attached to an aromatic ring is 1. The second kappa shape index (κ2) is 8.44. The summed E-state index contributed by atoms with van der Waals surface area (Å²) in [5.41, 5.74) is 9.24. The topological polar surface area (TPSA) is 131 Å². The summed E-state index contributed by atoms with van der Waals surface area (Å²) in [6.45, 7) is 6.34. The Morgan fingerprint density at radius 1 is 1.32 bits per heavy atom. The van der Waals surface area contributed by atoms with Crippen LogP contribution in [0.4, 0.5) is 10.2 Å². The number of nitrogens with one attached hydrogen (secondary N) is 2. The zero-order valence-electron chi connectivity index (χ0n) is 19.2. The molecule has 2 atom stereocenters. The van der Waals surface area contributed by atoms with E-state index in [1.54, 1.807) is 18.3 Å². The third-order valence-corrected chi connectivity index (χ3v) is 6.50. The molecule has 10 heteroatoms. The number of aliphatic hydroxyl groups excluding tert-OH is 1. The Kier molecular flexibility index (Phi) is 5.57.